The Morgan fingerprint density at radius 2 is 2.29 bits per heavy atom. The highest BCUT2D eigenvalue weighted by atomic mass is 16.1. The maximum absolute atomic E-state index is 11.6. The summed E-state index contributed by atoms with van der Waals surface area (Å²) in [6.07, 6.45) is 1.95. The summed E-state index contributed by atoms with van der Waals surface area (Å²) in [5.74, 6) is 1.34. The summed E-state index contributed by atoms with van der Waals surface area (Å²) in [7, 11) is 0. The number of nitrogens with zero attached hydrogens (tertiary/aromatic N) is 5. The lowest BCUT2D eigenvalue weighted by atomic mass is 10.1. The minimum Gasteiger partial charge on any atom is -0.367 e. The number of nitrogens with one attached hydrogen (secondary N) is 2. The fraction of sp³-hybridized carbons (Fsp3) is 0.538. The summed E-state index contributed by atoms with van der Waals surface area (Å²) in [6.45, 7) is 4.10. The molecule has 1 aliphatic rings. The minimum absolute atomic E-state index is 0.272. The number of piperidine rings is 1. The third-order valence-electron chi connectivity index (χ3n) is 3.80. The number of aryl methyl sites for hydroxylation is 1. The number of likely N-dealkylation sites (tertiary alicyclic amines) is 1. The molecule has 0 saturated carbocycles. The molecular formula is C13H17N7O. The van der Waals surface area contributed by atoms with Crippen LogP contribution in [-0.2, 0) is 0 Å². The van der Waals surface area contributed by atoms with Gasteiger partial charge in [0.25, 0.3) is 0 Å². The van der Waals surface area contributed by atoms with Crippen LogP contribution in [0.5, 0.6) is 0 Å². The van der Waals surface area contributed by atoms with E-state index in [0.29, 0.717) is 24.1 Å². The van der Waals surface area contributed by atoms with Gasteiger partial charge in [0.1, 0.15) is 11.6 Å². The van der Waals surface area contributed by atoms with E-state index in [-0.39, 0.29) is 5.69 Å². The zero-order valence-corrected chi connectivity index (χ0v) is 11.8. The van der Waals surface area contributed by atoms with Gasteiger partial charge in [-0.3, -0.25) is 4.90 Å². The predicted octanol–water partition coefficient (Wildman–Crippen LogP) is 0.126. The van der Waals surface area contributed by atoms with Crippen molar-refractivity contribution in [3.05, 3.63) is 22.4 Å². The summed E-state index contributed by atoms with van der Waals surface area (Å²) in [6, 6.07) is 4.28. The van der Waals surface area contributed by atoms with Crippen molar-refractivity contribution in [3.8, 4) is 6.07 Å². The van der Waals surface area contributed by atoms with Crippen LogP contribution in [0.25, 0.3) is 5.65 Å². The molecule has 0 radical (unpaired) electrons. The predicted molar refractivity (Wildman–Crippen MR) is 77.0 cm³/mol. The molecule has 1 saturated heterocycles. The van der Waals surface area contributed by atoms with Crippen molar-refractivity contribution in [2.24, 2.45) is 0 Å². The summed E-state index contributed by atoms with van der Waals surface area (Å²) >= 11 is 0. The lowest BCUT2D eigenvalue weighted by Crippen LogP contribution is -2.39. The lowest BCUT2D eigenvalue weighted by Gasteiger charge is -2.30. The zero-order chi connectivity index (χ0) is 14.8. The van der Waals surface area contributed by atoms with Crippen LogP contribution in [-0.4, -0.2) is 50.2 Å². The molecule has 0 aromatic carbocycles. The second-order valence-electron chi connectivity index (χ2n) is 5.26. The van der Waals surface area contributed by atoms with Crippen LogP contribution < -0.4 is 11.0 Å². The first-order chi connectivity index (χ1) is 10.2. The van der Waals surface area contributed by atoms with Gasteiger partial charge in [0, 0.05) is 25.2 Å². The Bertz CT molecular complexity index is 733. The lowest BCUT2D eigenvalue weighted by molar-refractivity contribution is 0.242. The fourth-order valence-corrected chi connectivity index (χ4v) is 2.72. The van der Waals surface area contributed by atoms with Gasteiger partial charge in [0.15, 0.2) is 5.65 Å². The quantitative estimate of drug-likeness (QED) is 0.778. The Kier molecular flexibility index (Phi) is 3.58. The number of aromatic amines is 1. The summed E-state index contributed by atoms with van der Waals surface area (Å²) in [5, 5.41) is 18.5. The van der Waals surface area contributed by atoms with E-state index in [9.17, 15) is 4.79 Å². The number of H-pyrrole nitrogens is 1. The molecule has 3 heterocycles. The second-order valence-corrected chi connectivity index (χ2v) is 5.26. The van der Waals surface area contributed by atoms with Crippen LogP contribution >= 0.6 is 0 Å². The van der Waals surface area contributed by atoms with Crippen molar-refractivity contribution in [2.45, 2.75) is 25.8 Å². The number of aromatic nitrogens is 4. The first-order valence-corrected chi connectivity index (χ1v) is 6.98. The third-order valence-corrected chi connectivity index (χ3v) is 3.80. The molecule has 3 rings (SSSR count). The highest BCUT2D eigenvalue weighted by Gasteiger charge is 2.19. The van der Waals surface area contributed by atoms with Crippen molar-refractivity contribution >= 4 is 11.5 Å². The standard InChI is InChI=1S/C13H17N7O/c1-9-15-11(8-12-17-18-13(21)20(9)12)16-10-2-5-19(6-3-10)7-4-14/h8,10,16H,2-3,5-7H2,1H3,(H,18,21). The molecule has 110 valence electrons. The number of hydrogen-bond donors (Lipinski definition) is 2. The number of anilines is 1. The van der Waals surface area contributed by atoms with Crippen LogP contribution in [0.15, 0.2) is 10.9 Å². The molecule has 0 amide bonds. The highest BCUT2D eigenvalue weighted by Crippen LogP contribution is 2.16. The van der Waals surface area contributed by atoms with E-state index in [1.54, 1.807) is 13.0 Å². The molecule has 1 aliphatic heterocycles. The molecule has 21 heavy (non-hydrogen) atoms. The molecule has 0 atom stereocenters. The van der Waals surface area contributed by atoms with Gasteiger partial charge in [-0.15, -0.1) is 0 Å². The molecule has 8 heteroatoms. The number of nitriles is 1. The molecule has 0 unspecified atom stereocenters. The zero-order valence-electron chi connectivity index (χ0n) is 11.8. The Morgan fingerprint density at radius 1 is 1.52 bits per heavy atom. The van der Waals surface area contributed by atoms with Crippen LogP contribution in [0.1, 0.15) is 18.7 Å². The van der Waals surface area contributed by atoms with E-state index in [1.807, 2.05) is 0 Å². The molecule has 1 fully saturated rings. The van der Waals surface area contributed by atoms with Crippen molar-refractivity contribution < 1.29 is 0 Å². The van der Waals surface area contributed by atoms with E-state index in [0.717, 1.165) is 31.7 Å². The summed E-state index contributed by atoms with van der Waals surface area (Å²) in [5.41, 5.74) is 0.295. The molecule has 0 spiro atoms. The van der Waals surface area contributed by atoms with Gasteiger partial charge in [-0.05, 0) is 19.8 Å². The van der Waals surface area contributed by atoms with E-state index in [1.165, 1.54) is 4.40 Å². The third kappa shape index (κ3) is 2.73. The van der Waals surface area contributed by atoms with Gasteiger partial charge in [0.2, 0.25) is 0 Å². The summed E-state index contributed by atoms with van der Waals surface area (Å²) < 4.78 is 1.45. The molecule has 0 aliphatic carbocycles. The molecule has 2 N–H and O–H groups in total. The van der Waals surface area contributed by atoms with Crippen molar-refractivity contribution in [1.29, 1.82) is 5.26 Å². The van der Waals surface area contributed by atoms with Crippen molar-refractivity contribution in [3.63, 3.8) is 0 Å². The van der Waals surface area contributed by atoms with Gasteiger partial charge < -0.3 is 5.32 Å². The Balaban J connectivity index is 1.72. The Labute approximate surface area is 121 Å². The number of fused-ring (bicyclic) bond motifs is 1. The molecular weight excluding hydrogens is 270 g/mol. The second kappa shape index (κ2) is 5.54. The van der Waals surface area contributed by atoms with Crippen molar-refractivity contribution in [1.82, 2.24) is 24.5 Å². The maximum atomic E-state index is 11.6. The van der Waals surface area contributed by atoms with Crippen molar-refractivity contribution in [2.75, 3.05) is 25.0 Å². The largest absolute Gasteiger partial charge is 0.367 e. The van der Waals surface area contributed by atoms with E-state index in [4.69, 9.17) is 5.26 Å². The first kappa shape index (κ1) is 13.6. The monoisotopic (exact) mass is 287 g/mol. The summed E-state index contributed by atoms with van der Waals surface area (Å²) in [4.78, 5) is 18.1. The number of hydrogen-bond acceptors (Lipinski definition) is 6. The average Bonchev–Trinajstić information content (AvgIpc) is 2.83. The van der Waals surface area contributed by atoms with Gasteiger partial charge in [-0.25, -0.2) is 19.3 Å². The Hall–Kier alpha value is -2.40. The normalized spacial score (nSPS) is 17.0. The van der Waals surface area contributed by atoms with E-state index in [2.05, 4.69) is 31.5 Å². The van der Waals surface area contributed by atoms with Gasteiger partial charge in [0.05, 0.1) is 12.6 Å². The van der Waals surface area contributed by atoms with E-state index >= 15 is 0 Å². The highest BCUT2D eigenvalue weighted by molar-refractivity contribution is 5.50. The minimum atomic E-state index is -0.272. The first-order valence-electron chi connectivity index (χ1n) is 6.98. The SMILES string of the molecule is Cc1nc(NC2CCN(CC#N)CC2)cc2n[nH]c(=O)n12. The average molecular weight is 287 g/mol. The van der Waals surface area contributed by atoms with Crippen LogP contribution in [0.4, 0.5) is 5.82 Å². The molecule has 0 bridgehead atoms. The maximum Gasteiger partial charge on any atom is 0.349 e. The van der Waals surface area contributed by atoms with E-state index < -0.39 is 0 Å². The topological polar surface area (TPSA) is 102 Å². The smallest absolute Gasteiger partial charge is 0.349 e. The molecule has 8 nitrogen and oxygen atoms in total. The van der Waals surface area contributed by atoms with Crippen LogP contribution in [0, 0.1) is 18.3 Å². The van der Waals surface area contributed by atoms with Gasteiger partial charge in [-0.1, -0.05) is 0 Å². The number of rotatable bonds is 3. The van der Waals surface area contributed by atoms with Gasteiger partial charge >= 0.3 is 5.69 Å². The molecule has 2 aromatic heterocycles. The Morgan fingerprint density at radius 3 is 3.00 bits per heavy atom. The fourth-order valence-electron chi connectivity index (χ4n) is 2.72. The van der Waals surface area contributed by atoms with Gasteiger partial charge in [-0.2, -0.15) is 10.4 Å². The van der Waals surface area contributed by atoms with Crippen LogP contribution in [0.2, 0.25) is 0 Å². The van der Waals surface area contributed by atoms with Crippen LogP contribution in [0.3, 0.4) is 0 Å². The molecule has 2 aromatic rings.